The van der Waals surface area contributed by atoms with Gasteiger partial charge in [-0.2, -0.15) is 13.2 Å². The number of ether oxygens (including phenoxy) is 1. The molecule has 3 heterocycles. The highest BCUT2D eigenvalue weighted by Crippen LogP contribution is 2.44. The van der Waals surface area contributed by atoms with Crippen LogP contribution >= 0.6 is 0 Å². The Morgan fingerprint density at radius 1 is 1.30 bits per heavy atom. The Labute approximate surface area is 134 Å². The first-order valence-corrected chi connectivity index (χ1v) is 8.82. The highest BCUT2D eigenvalue weighted by molar-refractivity contribution is 7.86. The lowest BCUT2D eigenvalue weighted by molar-refractivity contribution is -0.154. The molecule has 0 amide bonds. The van der Waals surface area contributed by atoms with Crippen molar-refractivity contribution in [2.24, 2.45) is 0 Å². The van der Waals surface area contributed by atoms with Crippen LogP contribution in [0.1, 0.15) is 37.7 Å². The van der Waals surface area contributed by atoms with Crippen LogP contribution in [-0.2, 0) is 16.4 Å². The smallest absolute Gasteiger partial charge is 0.422 e. The fraction of sp³-hybridized carbons (Fsp3) is 0.667. The summed E-state index contributed by atoms with van der Waals surface area (Å²) in [4.78, 5) is 3.86. The highest BCUT2D eigenvalue weighted by Gasteiger charge is 2.46. The van der Waals surface area contributed by atoms with Gasteiger partial charge < -0.3 is 9.84 Å². The van der Waals surface area contributed by atoms with Crippen LogP contribution in [0.4, 0.5) is 13.2 Å². The summed E-state index contributed by atoms with van der Waals surface area (Å²) in [6.07, 6.45) is 0.455. The van der Waals surface area contributed by atoms with Crippen molar-refractivity contribution in [3.63, 3.8) is 0 Å². The Morgan fingerprint density at radius 3 is 2.48 bits per heavy atom. The second-order valence-electron chi connectivity index (χ2n) is 6.23. The topological polar surface area (TPSA) is 59.4 Å². The van der Waals surface area contributed by atoms with Crippen LogP contribution in [0.15, 0.2) is 18.3 Å². The maximum absolute atomic E-state index is 12.2. The van der Waals surface area contributed by atoms with E-state index in [0.29, 0.717) is 18.4 Å². The van der Waals surface area contributed by atoms with Crippen molar-refractivity contribution in [1.82, 2.24) is 4.98 Å². The number of pyridine rings is 1. The summed E-state index contributed by atoms with van der Waals surface area (Å²) in [6, 6.07) is 2.88. The van der Waals surface area contributed by atoms with Crippen molar-refractivity contribution in [3.05, 3.63) is 23.9 Å². The molecule has 2 bridgehead atoms. The van der Waals surface area contributed by atoms with Gasteiger partial charge >= 0.3 is 6.18 Å². The molecule has 0 aliphatic carbocycles. The van der Waals surface area contributed by atoms with E-state index in [0.717, 1.165) is 19.3 Å². The van der Waals surface area contributed by atoms with Gasteiger partial charge in [0.1, 0.15) is 0 Å². The second-order valence-corrected chi connectivity index (χ2v) is 8.22. The fourth-order valence-electron chi connectivity index (χ4n) is 3.42. The number of aromatic nitrogens is 1. The van der Waals surface area contributed by atoms with E-state index in [4.69, 9.17) is 0 Å². The van der Waals surface area contributed by atoms with Crippen LogP contribution in [0, 0.1) is 0 Å². The number of fused-ring (bicyclic) bond motifs is 2. The average molecular weight is 349 g/mol. The maximum atomic E-state index is 12.2. The molecule has 8 heteroatoms. The van der Waals surface area contributed by atoms with Crippen molar-refractivity contribution < 1.29 is 27.2 Å². The first kappa shape index (κ1) is 16.7. The first-order valence-electron chi connectivity index (χ1n) is 7.55. The molecular weight excluding hydrogens is 331 g/mol. The van der Waals surface area contributed by atoms with Crippen molar-refractivity contribution in [3.8, 4) is 5.88 Å². The summed E-state index contributed by atoms with van der Waals surface area (Å²) in [5, 5.41) is 10.9. The molecule has 1 N–H and O–H groups in total. The molecule has 2 fully saturated rings. The van der Waals surface area contributed by atoms with E-state index in [1.54, 1.807) is 6.07 Å². The van der Waals surface area contributed by atoms with Gasteiger partial charge in [0.15, 0.2) is 6.61 Å². The van der Waals surface area contributed by atoms with Crippen LogP contribution in [0.25, 0.3) is 0 Å². The third-order valence-corrected chi connectivity index (χ3v) is 6.62. The Bertz CT molecular complexity index is 575. The molecule has 2 atom stereocenters. The summed E-state index contributed by atoms with van der Waals surface area (Å²) in [6.45, 7) is -1.40. The number of hydrogen-bond donors (Lipinski definition) is 1. The number of nitrogens with zero attached hydrogens (tertiary/aromatic N) is 1. The molecule has 0 radical (unpaired) electrons. The molecule has 2 aliphatic heterocycles. The van der Waals surface area contributed by atoms with Crippen molar-refractivity contribution in [2.75, 3.05) is 6.61 Å². The Kier molecular flexibility index (Phi) is 4.39. The Morgan fingerprint density at radius 2 is 1.96 bits per heavy atom. The molecule has 4 nitrogen and oxygen atoms in total. The summed E-state index contributed by atoms with van der Waals surface area (Å²) in [7, 11) is -0.904. The minimum atomic E-state index is -4.41. The standard InChI is InChI=1S/C15H18F3NO3S/c16-15(17,18)9-22-13-5-4-10(8-19-13)14(20)6-11-2-1-3-12(7-14)23(11)21/h4-5,8,11-12,20H,1-3,6-7,9H2. The van der Waals surface area contributed by atoms with E-state index < -0.39 is 29.2 Å². The highest BCUT2D eigenvalue weighted by atomic mass is 32.2. The lowest BCUT2D eigenvalue weighted by Gasteiger charge is -2.43. The van der Waals surface area contributed by atoms with E-state index in [9.17, 15) is 22.5 Å². The zero-order valence-electron chi connectivity index (χ0n) is 12.4. The molecule has 2 unspecified atom stereocenters. The Hall–Kier alpha value is -1.15. The van der Waals surface area contributed by atoms with Gasteiger partial charge in [0.2, 0.25) is 5.88 Å². The quantitative estimate of drug-likeness (QED) is 0.911. The van der Waals surface area contributed by atoms with E-state index in [1.807, 2.05) is 0 Å². The molecule has 0 spiro atoms. The predicted octanol–water partition coefficient (Wildman–Crippen LogP) is 2.67. The minimum absolute atomic E-state index is 0.0198. The van der Waals surface area contributed by atoms with Gasteiger partial charge in [-0.25, -0.2) is 4.98 Å². The lowest BCUT2D eigenvalue weighted by Crippen LogP contribution is -2.47. The summed E-state index contributed by atoms with van der Waals surface area (Å²) in [5.74, 6) is -0.130. The number of hydrogen-bond acceptors (Lipinski definition) is 4. The second kappa shape index (κ2) is 6.05. The predicted molar refractivity (Wildman–Crippen MR) is 78.5 cm³/mol. The fourth-order valence-corrected chi connectivity index (χ4v) is 5.64. The van der Waals surface area contributed by atoms with Gasteiger partial charge in [0.05, 0.1) is 5.60 Å². The molecule has 2 saturated heterocycles. The lowest BCUT2D eigenvalue weighted by atomic mass is 9.81. The molecular formula is C15H18F3NO3S. The summed E-state index contributed by atoms with van der Waals surface area (Å²) < 4.78 is 53.1. The zero-order valence-corrected chi connectivity index (χ0v) is 13.2. The zero-order chi connectivity index (χ0) is 16.7. The van der Waals surface area contributed by atoms with E-state index >= 15 is 0 Å². The SMILES string of the molecule is O=S1C2CCCC1CC(O)(c1ccc(OCC(F)(F)F)nc1)C2. The summed E-state index contributed by atoms with van der Waals surface area (Å²) >= 11 is 0. The molecule has 0 saturated carbocycles. The average Bonchev–Trinajstić information content (AvgIpc) is 2.47. The van der Waals surface area contributed by atoms with E-state index in [-0.39, 0.29) is 16.4 Å². The minimum Gasteiger partial charge on any atom is -0.468 e. The van der Waals surface area contributed by atoms with Crippen LogP contribution < -0.4 is 4.74 Å². The molecule has 3 rings (SSSR count). The van der Waals surface area contributed by atoms with Gasteiger partial charge in [-0.15, -0.1) is 0 Å². The van der Waals surface area contributed by atoms with E-state index in [2.05, 4.69) is 9.72 Å². The van der Waals surface area contributed by atoms with E-state index in [1.165, 1.54) is 12.3 Å². The number of rotatable bonds is 3. The van der Waals surface area contributed by atoms with Crippen molar-refractivity contribution in [1.29, 1.82) is 0 Å². The molecule has 128 valence electrons. The molecule has 0 aromatic carbocycles. The molecule has 1 aromatic heterocycles. The monoisotopic (exact) mass is 349 g/mol. The van der Waals surface area contributed by atoms with Crippen LogP contribution in [0.5, 0.6) is 5.88 Å². The van der Waals surface area contributed by atoms with Crippen LogP contribution in [0.2, 0.25) is 0 Å². The van der Waals surface area contributed by atoms with Gasteiger partial charge in [-0.1, -0.05) is 6.42 Å². The third-order valence-electron chi connectivity index (χ3n) is 4.50. The van der Waals surface area contributed by atoms with Gasteiger partial charge in [0, 0.05) is 39.1 Å². The normalized spacial score (nSPS) is 34.2. The number of aliphatic hydroxyl groups is 1. The third kappa shape index (κ3) is 3.68. The molecule has 2 aliphatic rings. The van der Waals surface area contributed by atoms with Crippen LogP contribution in [0.3, 0.4) is 0 Å². The Balaban J connectivity index is 1.72. The molecule has 23 heavy (non-hydrogen) atoms. The van der Waals surface area contributed by atoms with Crippen molar-refractivity contribution >= 4 is 10.8 Å². The van der Waals surface area contributed by atoms with Gasteiger partial charge in [0.25, 0.3) is 0 Å². The van der Waals surface area contributed by atoms with Crippen LogP contribution in [-0.4, -0.2) is 37.6 Å². The maximum Gasteiger partial charge on any atom is 0.422 e. The van der Waals surface area contributed by atoms with Crippen molar-refractivity contribution in [2.45, 2.75) is 54.4 Å². The first-order chi connectivity index (χ1) is 10.8. The van der Waals surface area contributed by atoms with Gasteiger partial charge in [-0.05, 0) is 31.7 Å². The van der Waals surface area contributed by atoms with Gasteiger partial charge in [-0.3, -0.25) is 4.21 Å². The molecule has 1 aromatic rings. The number of alkyl halides is 3. The largest absolute Gasteiger partial charge is 0.468 e. The number of halogens is 3. The summed E-state index contributed by atoms with van der Waals surface area (Å²) in [5.41, 5.74) is -0.565.